The number of hydrogen-bond acceptors (Lipinski definition) is 6. The van der Waals surface area contributed by atoms with Crippen LogP contribution in [0.5, 0.6) is 0 Å². The molecule has 0 saturated carbocycles. The van der Waals surface area contributed by atoms with Crippen molar-refractivity contribution in [2.24, 2.45) is 0 Å². The largest absolute Gasteiger partial charge is 0.378 e. The third-order valence-electron chi connectivity index (χ3n) is 3.96. The van der Waals surface area contributed by atoms with E-state index in [0.717, 1.165) is 69.9 Å². The van der Waals surface area contributed by atoms with E-state index in [2.05, 4.69) is 21.0 Å². The van der Waals surface area contributed by atoms with Crippen LogP contribution in [0, 0.1) is 0 Å². The van der Waals surface area contributed by atoms with Gasteiger partial charge < -0.3 is 19.3 Å². The van der Waals surface area contributed by atoms with Crippen molar-refractivity contribution in [2.45, 2.75) is 0 Å². The number of rotatable bonds is 2. The van der Waals surface area contributed by atoms with Crippen LogP contribution in [0.1, 0.15) is 0 Å². The van der Waals surface area contributed by atoms with E-state index in [-0.39, 0.29) is 0 Å². The third-order valence-corrected chi connectivity index (χ3v) is 3.96. The average molecular weight is 289 g/mol. The van der Waals surface area contributed by atoms with Crippen molar-refractivity contribution >= 4 is 17.3 Å². The van der Waals surface area contributed by atoms with Gasteiger partial charge in [0.2, 0.25) is 5.95 Å². The van der Waals surface area contributed by atoms with E-state index in [0.29, 0.717) is 0 Å². The summed E-state index contributed by atoms with van der Waals surface area (Å²) < 4.78 is 12.8. The number of ether oxygens (including phenoxy) is 2. The molecule has 2 aliphatic rings. The minimum atomic E-state index is 0.736. The molecule has 0 aliphatic carbocycles. The van der Waals surface area contributed by atoms with Gasteiger partial charge in [0.15, 0.2) is 5.82 Å². The van der Waals surface area contributed by atoms with Crippen molar-refractivity contribution in [3.05, 3.63) is 18.3 Å². The fourth-order valence-corrected chi connectivity index (χ4v) is 2.81. The molecule has 2 saturated heterocycles. The molecule has 0 radical (unpaired) electrons. The second-order valence-electron chi connectivity index (χ2n) is 5.27. The molecule has 21 heavy (non-hydrogen) atoms. The topological polar surface area (TPSA) is 55.1 Å². The fraction of sp³-hybridized carbons (Fsp3) is 0.571. The summed E-state index contributed by atoms with van der Waals surface area (Å²) in [5, 5.41) is 4.63. The molecule has 2 aromatic heterocycles. The highest BCUT2D eigenvalue weighted by molar-refractivity contribution is 5.70. The van der Waals surface area contributed by atoms with Crippen molar-refractivity contribution < 1.29 is 9.47 Å². The minimum absolute atomic E-state index is 0.736. The summed E-state index contributed by atoms with van der Waals surface area (Å²) in [6.07, 6.45) is 1.98. The lowest BCUT2D eigenvalue weighted by Crippen LogP contribution is -2.40. The number of nitrogens with zero attached hydrogens (tertiary/aromatic N) is 5. The maximum atomic E-state index is 5.44. The number of aromatic nitrogens is 3. The Morgan fingerprint density at radius 1 is 0.905 bits per heavy atom. The van der Waals surface area contributed by atoms with Crippen LogP contribution in [0.2, 0.25) is 0 Å². The summed E-state index contributed by atoms with van der Waals surface area (Å²) in [5.74, 6) is 1.78. The third kappa shape index (κ3) is 2.43. The standard InChI is InChI=1S/C14H19N5O2/c1-2-12-13(17-4-8-20-9-5-17)15-14(16-19(12)3-1)18-6-10-21-11-7-18/h1-3H,4-11H2. The van der Waals surface area contributed by atoms with Gasteiger partial charge in [-0.15, -0.1) is 5.10 Å². The summed E-state index contributed by atoms with van der Waals surface area (Å²) >= 11 is 0. The molecule has 2 fully saturated rings. The van der Waals surface area contributed by atoms with E-state index >= 15 is 0 Å². The van der Waals surface area contributed by atoms with E-state index in [9.17, 15) is 0 Å². The summed E-state index contributed by atoms with van der Waals surface area (Å²) in [6.45, 7) is 6.42. The first-order chi connectivity index (χ1) is 10.4. The number of morpholine rings is 2. The zero-order valence-corrected chi connectivity index (χ0v) is 11.9. The zero-order chi connectivity index (χ0) is 14.1. The first-order valence-electron chi connectivity index (χ1n) is 7.42. The van der Waals surface area contributed by atoms with Gasteiger partial charge in [0.1, 0.15) is 5.52 Å². The van der Waals surface area contributed by atoms with E-state index in [4.69, 9.17) is 14.5 Å². The van der Waals surface area contributed by atoms with Crippen LogP contribution < -0.4 is 9.80 Å². The molecule has 0 N–H and O–H groups in total. The van der Waals surface area contributed by atoms with Crippen molar-refractivity contribution in [1.82, 2.24) is 14.6 Å². The Kier molecular flexibility index (Phi) is 3.36. The Labute approximate surface area is 123 Å². The molecule has 2 aromatic rings. The van der Waals surface area contributed by atoms with Gasteiger partial charge in [0.05, 0.1) is 26.4 Å². The Morgan fingerprint density at radius 2 is 1.57 bits per heavy atom. The van der Waals surface area contributed by atoms with Crippen molar-refractivity contribution in [3.63, 3.8) is 0 Å². The van der Waals surface area contributed by atoms with Gasteiger partial charge in [-0.25, -0.2) is 4.52 Å². The van der Waals surface area contributed by atoms with E-state index < -0.39 is 0 Å². The first-order valence-corrected chi connectivity index (χ1v) is 7.42. The molecular formula is C14H19N5O2. The lowest BCUT2D eigenvalue weighted by molar-refractivity contribution is 0.121. The van der Waals surface area contributed by atoms with Gasteiger partial charge in [-0.2, -0.15) is 4.98 Å². The Hall–Kier alpha value is -1.86. The van der Waals surface area contributed by atoms with Gasteiger partial charge in [0, 0.05) is 32.4 Å². The number of anilines is 2. The van der Waals surface area contributed by atoms with E-state index in [1.165, 1.54) is 0 Å². The summed E-state index contributed by atoms with van der Waals surface area (Å²) in [4.78, 5) is 9.30. The Morgan fingerprint density at radius 3 is 2.29 bits per heavy atom. The molecule has 7 nitrogen and oxygen atoms in total. The van der Waals surface area contributed by atoms with E-state index in [1.54, 1.807) is 0 Å². The molecule has 0 spiro atoms. The predicted octanol–water partition coefficient (Wildman–Crippen LogP) is 0.402. The van der Waals surface area contributed by atoms with Gasteiger partial charge in [-0.3, -0.25) is 0 Å². The van der Waals surface area contributed by atoms with Crippen LogP contribution in [0.15, 0.2) is 18.3 Å². The quantitative estimate of drug-likeness (QED) is 0.798. The lowest BCUT2D eigenvalue weighted by atomic mass is 10.3. The molecular weight excluding hydrogens is 270 g/mol. The highest BCUT2D eigenvalue weighted by atomic mass is 16.5. The SMILES string of the molecule is c1cc2c(N3CCOCC3)nc(N3CCOCC3)nn2c1. The molecule has 2 aliphatic heterocycles. The molecule has 0 bridgehead atoms. The van der Waals surface area contributed by atoms with Crippen LogP contribution in [0.4, 0.5) is 11.8 Å². The lowest BCUT2D eigenvalue weighted by Gasteiger charge is -2.31. The highest BCUT2D eigenvalue weighted by Crippen LogP contribution is 2.23. The molecule has 0 amide bonds. The highest BCUT2D eigenvalue weighted by Gasteiger charge is 2.20. The first kappa shape index (κ1) is 12.8. The van der Waals surface area contributed by atoms with Crippen LogP contribution in [0.25, 0.3) is 5.52 Å². The second-order valence-corrected chi connectivity index (χ2v) is 5.27. The van der Waals surface area contributed by atoms with Crippen molar-refractivity contribution in [2.75, 3.05) is 62.4 Å². The van der Waals surface area contributed by atoms with Crippen LogP contribution in [-0.2, 0) is 9.47 Å². The molecule has 4 rings (SSSR count). The monoisotopic (exact) mass is 289 g/mol. The summed E-state index contributed by atoms with van der Waals surface area (Å²) in [6, 6.07) is 4.07. The van der Waals surface area contributed by atoms with Gasteiger partial charge in [0.25, 0.3) is 0 Å². The smallest absolute Gasteiger partial charge is 0.245 e. The number of hydrogen-bond donors (Lipinski definition) is 0. The molecule has 0 aromatic carbocycles. The van der Waals surface area contributed by atoms with Crippen LogP contribution in [-0.4, -0.2) is 67.2 Å². The summed E-state index contributed by atoms with van der Waals surface area (Å²) in [5.41, 5.74) is 1.05. The van der Waals surface area contributed by atoms with Gasteiger partial charge in [-0.1, -0.05) is 0 Å². The van der Waals surface area contributed by atoms with Gasteiger partial charge >= 0.3 is 0 Å². The Bertz CT molecular complexity index is 617. The summed E-state index contributed by atoms with van der Waals surface area (Å²) in [7, 11) is 0. The van der Waals surface area contributed by atoms with Crippen molar-refractivity contribution in [3.8, 4) is 0 Å². The number of fused-ring (bicyclic) bond motifs is 1. The van der Waals surface area contributed by atoms with Crippen LogP contribution in [0.3, 0.4) is 0 Å². The molecule has 7 heteroatoms. The zero-order valence-electron chi connectivity index (χ0n) is 11.9. The maximum Gasteiger partial charge on any atom is 0.245 e. The van der Waals surface area contributed by atoms with Crippen LogP contribution >= 0.6 is 0 Å². The average Bonchev–Trinajstić information content (AvgIpc) is 3.04. The molecule has 0 unspecified atom stereocenters. The predicted molar refractivity (Wildman–Crippen MR) is 79.1 cm³/mol. The molecule has 4 heterocycles. The second kappa shape index (κ2) is 5.50. The van der Waals surface area contributed by atoms with E-state index in [1.807, 2.05) is 16.8 Å². The maximum absolute atomic E-state index is 5.44. The Balaban J connectivity index is 1.74. The molecule has 0 atom stereocenters. The fourth-order valence-electron chi connectivity index (χ4n) is 2.81. The normalized spacial score (nSPS) is 20.2. The van der Waals surface area contributed by atoms with Gasteiger partial charge in [-0.05, 0) is 12.1 Å². The minimum Gasteiger partial charge on any atom is -0.378 e. The molecule has 112 valence electrons. The van der Waals surface area contributed by atoms with Crippen molar-refractivity contribution in [1.29, 1.82) is 0 Å².